The van der Waals surface area contributed by atoms with Crippen LogP contribution in [-0.4, -0.2) is 46.7 Å². The Morgan fingerprint density at radius 2 is 1.95 bits per heavy atom. The van der Waals surface area contributed by atoms with Crippen LogP contribution in [0.2, 0.25) is 0 Å². The second-order valence-electron chi connectivity index (χ2n) is 5.19. The lowest BCUT2D eigenvalue weighted by Gasteiger charge is -2.18. The molecule has 0 fully saturated rings. The summed E-state index contributed by atoms with van der Waals surface area (Å²) >= 11 is 0. The van der Waals surface area contributed by atoms with Crippen molar-refractivity contribution in [2.45, 2.75) is 13.1 Å². The van der Waals surface area contributed by atoms with Gasteiger partial charge in [-0.05, 0) is 17.7 Å². The smallest absolute Gasteiger partial charge is 0.252 e. The lowest BCUT2D eigenvalue weighted by molar-refractivity contribution is -0.131. The summed E-state index contributed by atoms with van der Waals surface area (Å²) in [5, 5.41) is 12.5. The summed E-state index contributed by atoms with van der Waals surface area (Å²) in [5.41, 5.74) is 2.17. The molecule has 0 N–H and O–H groups in total. The van der Waals surface area contributed by atoms with Crippen LogP contribution in [0.3, 0.4) is 0 Å². The van der Waals surface area contributed by atoms with Crippen molar-refractivity contribution in [3.8, 4) is 6.07 Å². The number of carbonyl (C=O) groups excluding carboxylic acids is 1. The van der Waals surface area contributed by atoms with Gasteiger partial charge in [-0.25, -0.2) is 9.67 Å². The van der Waals surface area contributed by atoms with E-state index in [1.54, 1.807) is 11.9 Å². The Bertz CT molecular complexity index is 683. The van der Waals surface area contributed by atoms with Crippen LogP contribution in [0.5, 0.6) is 0 Å². The third-order valence-electron chi connectivity index (χ3n) is 3.23. The number of rotatable bonds is 5. The molecule has 1 aromatic heterocycles. The lowest BCUT2D eigenvalue weighted by atomic mass is 10.2. The maximum atomic E-state index is 12.1. The number of carbonyl (C=O) groups is 1. The number of amides is 1. The van der Waals surface area contributed by atoms with E-state index in [2.05, 4.69) is 10.1 Å². The summed E-state index contributed by atoms with van der Waals surface area (Å²) in [4.78, 5) is 19.6. The molecule has 7 nitrogen and oxygen atoms in total. The van der Waals surface area contributed by atoms with Crippen molar-refractivity contribution < 1.29 is 4.79 Å². The Kier molecular flexibility index (Phi) is 4.73. The predicted molar refractivity (Wildman–Crippen MR) is 82.0 cm³/mol. The Labute approximate surface area is 129 Å². The summed E-state index contributed by atoms with van der Waals surface area (Å²) in [5.74, 6) is -0.0270. The van der Waals surface area contributed by atoms with Gasteiger partial charge in [0.1, 0.15) is 18.9 Å². The minimum Gasteiger partial charge on any atom is -0.378 e. The number of nitriles is 1. The SMILES string of the molecule is CN(Cc1ccc(N(C)C)cc1)C(=O)Cn1cnc(C#N)n1. The molecule has 1 amide bonds. The Balaban J connectivity index is 1.94. The average molecular weight is 298 g/mol. The van der Waals surface area contributed by atoms with Gasteiger partial charge in [0.2, 0.25) is 5.91 Å². The predicted octanol–water partition coefficient (Wildman–Crippen LogP) is 0.874. The molecule has 2 aromatic rings. The zero-order chi connectivity index (χ0) is 16.1. The van der Waals surface area contributed by atoms with Crippen molar-refractivity contribution in [1.82, 2.24) is 19.7 Å². The highest BCUT2D eigenvalue weighted by Crippen LogP contribution is 2.13. The topological polar surface area (TPSA) is 78.0 Å². The van der Waals surface area contributed by atoms with Gasteiger partial charge in [-0.2, -0.15) is 5.26 Å². The Morgan fingerprint density at radius 1 is 1.27 bits per heavy atom. The van der Waals surface area contributed by atoms with Crippen molar-refractivity contribution in [3.63, 3.8) is 0 Å². The molecule has 0 saturated carbocycles. The van der Waals surface area contributed by atoms with Crippen LogP contribution in [0.25, 0.3) is 0 Å². The Morgan fingerprint density at radius 3 is 2.50 bits per heavy atom. The molecule has 0 spiro atoms. The molecule has 0 bridgehead atoms. The molecule has 0 aliphatic heterocycles. The van der Waals surface area contributed by atoms with E-state index in [1.165, 1.54) is 11.0 Å². The first-order valence-corrected chi connectivity index (χ1v) is 6.79. The molecule has 0 aliphatic rings. The first kappa shape index (κ1) is 15.5. The van der Waals surface area contributed by atoms with E-state index in [0.29, 0.717) is 6.54 Å². The van der Waals surface area contributed by atoms with E-state index in [4.69, 9.17) is 5.26 Å². The average Bonchev–Trinajstić information content (AvgIpc) is 2.95. The minimum atomic E-state index is -0.0916. The van der Waals surface area contributed by atoms with Gasteiger partial charge in [0.15, 0.2) is 0 Å². The van der Waals surface area contributed by atoms with Crippen LogP contribution in [0.15, 0.2) is 30.6 Å². The fourth-order valence-corrected chi connectivity index (χ4v) is 1.94. The standard InChI is InChI=1S/C15H18N6O/c1-19(2)13-6-4-12(5-7-13)9-20(3)15(22)10-21-11-17-14(8-16)18-21/h4-7,11H,9-10H2,1-3H3. The maximum absolute atomic E-state index is 12.1. The van der Waals surface area contributed by atoms with Crippen molar-refractivity contribution in [1.29, 1.82) is 5.26 Å². The second-order valence-corrected chi connectivity index (χ2v) is 5.19. The molecule has 22 heavy (non-hydrogen) atoms. The third kappa shape index (κ3) is 3.82. The highest BCUT2D eigenvalue weighted by Gasteiger charge is 2.11. The quantitative estimate of drug-likeness (QED) is 0.818. The zero-order valence-corrected chi connectivity index (χ0v) is 12.9. The first-order valence-electron chi connectivity index (χ1n) is 6.79. The van der Waals surface area contributed by atoms with E-state index in [-0.39, 0.29) is 18.3 Å². The van der Waals surface area contributed by atoms with Gasteiger partial charge in [-0.1, -0.05) is 12.1 Å². The van der Waals surface area contributed by atoms with Crippen molar-refractivity contribution >= 4 is 11.6 Å². The number of likely N-dealkylation sites (N-methyl/N-ethyl adjacent to an activating group) is 1. The van der Waals surface area contributed by atoms with E-state index in [1.807, 2.05) is 49.3 Å². The number of hydrogen-bond donors (Lipinski definition) is 0. The van der Waals surface area contributed by atoms with Crippen LogP contribution < -0.4 is 4.90 Å². The third-order valence-corrected chi connectivity index (χ3v) is 3.23. The first-order chi connectivity index (χ1) is 10.5. The van der Waals surface area contributed by atoms with Gasteiger partial charge >= 0.3 is 0 Å². The molecule has 7 heteroatoms. The summed E-state index contributed by atoms with van der Waals surface area (Å²) < 4.78 is 1.37. The summed E-state index contributed by atoms with van der Waals surface area (Å²) in [6.07, 6.45) is 1.39. The molecule has 0 unspecified atom stereocenters. The van der Waals surface area contributed by atoms with Crippen LogP contribution in [0.4, 0.5) is 5.69 Å². The molecule has 1 heterocycles. The molecule has 0 atom stereocenters. The normalized spacial score (nSPS) is 10.1. The van der Waals surface area contributed by atoms with Gasteiger partial charge in [0.05, 0.1) is 0 Å². The highest BCUT2D eigenvalue weighted by atomic mass is 16.2. The minimum absolute atomic E-state index is 0.0646. The maximum Gasteiger partial charge on any atom is 0.252 e. The molecule has 2 rings (SSSR count). The summed E-state index contributed by atoms with van der Waals surface area (Å²) in [7, 11) is 5.71. The van der Waals surface area contributed by atoms with Crippen molar-refractivity contribution in [2.75, 3.05) is 26.0 Å². The number of benzene rings is 1. The summed E-state index contributed by atoms with van der Waals surface area (Å²) in [6.45, 7) is 0.591. The van der Waals surface area contributed by atoms with Gasteiger partial charge < -0.3 is 9.80 Å². The van der Waals surface area contributed by atoms with Crippen molar-refractivity contribution in [2.24, 2.45) is 0 Å². The lowest BCUT2D eigenvalue weighted by Crippen LogP contribution is -2.30. The zero-order valence-electron chi connectivity index (χ0n) is 12.9. The number of anilines is 1. The highest BCUT2D eigenvalue weighted by molar-refractivity contribution is 5.75. The fourth-order valence-electron chi connectivity index (χ4n) is 1.94. The van der Waals surface area contributed by atoms with Crippen LogP contribution in [-0.2, 0) is 17.9 Å². The van der Waals surface area contributed by atoms with E-state index in [9.17, 15) is 4.79 Å². The second kappa shape index (κ2) is 6.72. The molecule has 0 aliphatic carbocycles. The Hall–Kier alpha value is -2.88. The van der Waals surface area contributed by atoms with Crippen LogP contribution >= 0.6 is 0 Å². The number of nitrogens with zero attached hydrogens (tertiary/aromatic N) is 6. The molecule has 0 saturated heterocycles. The van der Waals surface area contributed by atoms with Gasteiger partial charge in [-0.15, -0.1) is 5.10 Å². The van der Waals surface area contributed by atoms with E-state index in [0.717, 1.165) is 11.3 Å². The largest absolute Gasteiger partial charge is 0.378 e. The fraction of sp³-hybridized carbons (Fsp3) is 0.333. The molecule has 1 aromatic carbocycles. The summed E-state index contributed by atoms with van der Waals surface area (Å²) in [6, 6.07) is 9.87. The monoisotopic (exact) mass is 298 g/mol. The van der Waals surface area contributed by atoms with Crippen molar-refractivity contribution in [3.05, 3.63) is 42.0 Å². The molecular weight excluding hydrogens is 280 g/mol. The van der Waals surface area contributed by atoms with Gasteiger partial charge in [0.25, 0.3) is 5.82 Å². The van der Waals surface area contributed by atoms with E-state index < -0.39 is 0 Å². The van der Waals surface area contributed by atoms with Crippen LogP contribution in [0, 0.1) is 11.3 Å². The molecule has 0 radical (unpaired) electrons. The molecular formula is C15H18N6O. The molecule has 114 valence electrons. The van der Waals surface area contributed by atoms with E-state index >= 15 is 0 Å². The van der Waals surface area contributed by atoms with Gasteiger partial charge in [0, 0.05) is 33.4 Å². The number of hydrogen-bond acceptors (Lipinski definition) is 5. The number of aromatic nitrogens is 3. The van der Waals surface area contributed by atoms with Crippen LogP contribution in [0.1, 0.15) is 11.4 Å². The van der Waals surface area contributed by atoms with Gasteiger partial charge in [-0.3, -0.25) is 4.79 Å².